The SMILES string of the molecule is CCNC(CC(=O)Nc1ccccc1)C(=O)NC(C)C(C)=O. The number of anilines is 1. The topological polar surface area (TPSA) is 87.3 Å². The monoisotopic (exact) mass is 305 g/mol. The first kappa shape index (κ1) is 17.8. The Bertz CT molecular complexity index is 517. The highest BCUT2D eigenvalue weighted by Crippen LogP contribution is 2.06. The number of Topliss-reactive ketones (excluding diaryl/α,β-unsaturated/α-hetero) is 1. The number of likely N-dealkylation sites (N-methyl/N-ethyl adjacent to an activating group) is 1. The summed E-state index contributed by atoms with van der Waals surface area (Å²) in [5, 5.41) is 8.30. The number of carbonyl (C=O) groups is 3. The van der Waals surface area contributed by atoms with Gasteiger partial charge in [-0.2, -0.15) is 0 Å². The lowest BCUT2D eigenvalue weighted by molar-refractivity contribution is -0.129. The number of rotatable bonds is 8. The Balaban J connectivity index is 2.61. The van der Waals surface area contributed by atoms with Crippen molar-refractivity contribution in [3.63, 3.8) is 0 Å². The highest BCUT2D eigenvalue weighted by Gasteiger charge is 2.23. The minimum atomic E-state index is -0.671. The Labute approximate surface area is 130 Å². The van der Waals surface area contributed by atoms with Crippen molar-refractivity contribution in [1.29, 1.82) is 0 Å². The molecule has 120 valence electrons. The average molecular weight is 305 g/mol. The van der Waals surface area contributed by atoms with E-state index in [-0.39, 0.29) is 24.0 Å². The van der Waals surface area contributed by atoms with E-state index in [1.807, 2.05) is 25.1 Å². The summed E-state index contributed by atoms with van der Waals surface area (Å²) in [4.78, 5) is 35.4. The highest BCUT2D eigenvalue weighted by molar-refractivity contribution is 5.96. The maximum absolute atomic E-state index is 12.1. The first-order valence-electron chi connectivity index (χ1n) is 7.33. The van der Waals surface area contributed by atoms with Crippen molar-refractivity contribution in [2.24, 2.45) is 0 Å². The zero-order chi connectivity index (χ0) is 16.5. The largest absolute Gasteiger partial charge is 0.345 e. The smallest absolute Gasteiger partial charge is 0.238 e. The number of ketones is 1. The second-order valence-electron chi connectivity index (χ2n) is 5.07. The molecule has 0 saturated carbocycles. The van der Waals surface area contributed by atoms with Crippen LogP contribution >= 0.6 is 0 Å². The van der Waals surface area contributed by atoms with E-state index in [2.05, 4.69) is 16.0 Å². The summed E-state index contributed by atoms with van der Waals surface area (Å²) in [6, 6.07) is 7.81. The van der Waals surface area contributed by atoms with Gasteiger partial charge in [0.05, 0.1) is 18.5 Å². The third kappa shape index (κ3) is 6.05. The molecule has 0 saturated heterocycles. The van der Waals surface area contributed by atoms with E-state index in [0.29, 0.717) is 12.2 Å². The molecule has 3 N–H and O–H groups in total. The van der Waals surface area contributed by atoms with Crippen LogP contribution in [0.1, 0.15) is 27.2 Å². The van der Waals surface area contributed by atoms with Crippen LogP contribution in [0, 0.1) is 0 Å². The highest BCUT2D eigenvalue weighted by atomic mass is 16.2. The number of carbonyl (C=O) groups excluding carboxylic acids is 3. The Morgan fingerprint density at radius 1 is 1.14 bits per heavy atom. The van der Waals surface area contributed by atoms with Crippen LogP contribution in [-0.4, -0.2) is 36.2 Å². The quantitative estimate of drug-likeness (QED) is 0.671. The Hall–Kier alpha value is -2.21. The van der Waals surface area contributed by atoms with E-state index in [1.54, 1.807) is 19.1 Å². The predicted octanol–water partition coefficient (Wildman–Crippen LogP) is 1.09. The van der Waals surface area contributed by atoms with Crippen molar-refractivity contribution in [2.75, 3.05) is 11.9 Å². The van der Waals surface area contributed by atoms with Crippen LogP contribution in [0.2, 0.25) is 0 Å². The molecule has 1 aromatic carbocycles. The molecule has 0 aliphatic heterocycles. The molecule has 22 heavy (non-hydrogen) atoms. The van der Waals surface area contributed by atoms with E-state index in [4.69, 9.17) is 0 Å². The Kier molecular flexibility index (Phi) is 7.25. The van der Waals surface area contributed by atoms with Crippen molar-refractivity contribution in [1.82, 2.24) is 10.6 Å². The van der Waals surface area contributed by atoms with Gasteiger partial charge in [-0.15, -0.1) is 0 Å². The lowest BCUT2D eigenvalue weighted by Crippen LogP contribution is -2.50. The summed E-state index contributed by atoms with van der Waals surface area (Å²) in [7, 11) is 0. The molecule has 0 bridgehead atoms. The van der Waals surface area contributed by atoms with Gasteiger partial charge in [0, 0.05) is 5.69 Å². The van der Waals surface area contributed by atoms with Gasteiger partial charge in [0.1, 0.15) is 0 Å². The normalized spacial score (nSPS) is 13.0. The zero-order valence-electron chi connectivity index (χ0n) is 13.2. The summed E-state index contributed by atoms with van der Waals surface area (Å²) in [5.74, 6) is -0.743. The molecule has 0 aliphatic carbocycles. The van der Waals surface area contributed by atoms with E-state index >= 15 is 0 Å². The van der Waals surface area contributed by atoms with E-state index in [9.17, 15) is 14.4 Å². The molecular weight excluding hydrogens is 282 g/mol. The fourth-order valence-corrected chi connectivity index (χ4v) is 1.84. The molecule has 2 atom stereocenters. The second kappa shape index (κ2) is 8.94. The fourth-order valence-electron chi connectivity index (χ4n) is 1.84. The van der Waals surface area contributed by atoms with Gasteiger partial charge in [-0.3, -0.25) is 14.4 Å². The third-order valence-electron chi connectivity index (χ3n) is 3.18. The third-order valence-corrected chi connectivity index (χ3v) is 3.18. The molecule has 0 aromatic heterocycles. The fraction of sp³-hybridized carbons (Fsp3) is 0.438. The van der Waals surface area contributed by atoms with Gasteiger partial charge in [-0.25, -0.2) is 0 Å². The van der Waals surface area contributed by atoms with Crippen molar-refractivity contribution in [2.45, 2.75) is 39.3 Å². The maximum atomic E-state index is 12.1. The first-order valence-corrected chi connectivity index (χ1v) is 7.33. The Morgan fingerprint density at radius 2 is 1.77 bits per heavy atom. The summed E-state index contributed by atoms with van der Waals surface area (Å²) in [5.41, 5.74) is 0.681. The van der Waals surface area contributed by atoms with Crippen LogP contribution in [-0.2, 0) is 14.4 Å². The molecule has 0 heterocycles. The summed E-state index contributed by atoms with van der Waals surface area (Å²) >= 11 is 0. The molecule has 2 unspecified atom stereocenters. The van der Waals surface area contributed by atoms with E-state index < -0.39 is 12.1 Å². The summed E-state index contributed by atoms with van der Waals surface area (Å²) < 4.78 is 0. The number of amides is 2. The predicted molar refractivity (Wildman–Crippen MR) is 85.4 cm³/mol. The van der Waals surface area contributed by atoms with Crippen LogP contribution in [0.25, 0.3) is 0 Å². The number of nitrogens with one attached hydrogen (secondary N) is 3. The molecule has 6 heteroatoms. The second-order valence-corrected chi connectivity index (χ2v) is 5.07. The molecule has 1 aromatic rings. The minimum Gasteiger partial charge on any atom is -0.345 e. The standard InChI is InChI=1S/C16H23N3O3/c1-4-17-14(16(22)18-11(2)12(3)20)10-15(21)19-13-8-6-5-7-9-13/h5-9,11,14,17H,4,10H2,1-3H3,(H,18,22)(H,19,21). The number of benzene rings is 1. The lowest BCUT2D eigenvalue weighted by atomic mass is 10.1. The molecule has 0 fully saturated rings. The molecule has 0 spiro atoms. The van der Waals surface area contributed by atoms with Gasteiger partial charge >= 0.3 is 0 Å². The van der Waals surface area contributed by atoms with Gasteiger partial charge < -0.3 is 16.0 Å². The first-order chi connectivity index (χ1) is 10.4. The van der Waals surface area contributed by atoms with Crippen LogP contribution in [0.3, 0.4) is 0 Å². The minimum absolute atomic E-state index is 0.000801. The van der Waals surface area contributed by atoms with E-state index in [1.165, 1.54) is 6.92 Å². The molecule has 1 rings (SSSR count). The Morgan fingerprint density at radius 3 is 2.32 bits per heavy atom. The van der Waals surface area contributed by atoms with Crippen LogP contribution in [0.4, 0.5) is 5.69 Å². The van der Waals surface area contributed by atoms with Gasteiger partial charge in [-0.05, 0) is 32.5 Å². The van der Waals surface area contributed by atoms with Crippen LogP contribution < -0.4 is 16.0 Å². The molecule has 6 nitrogen and oxygen atoms in total. The number of para-hydroxylation sites is 1. The molecule has 2 amide bonds. The zero-order valence-corrected chi connectivity index (χ0v) is 13.2. The van der Waals surface area contributed by atoms with Crippen molar-refractivity contribution in [3.8, 4) is 0 Å². The van der Waals surface area contributed by atoms with Crippen molar-refractivity contribution >= 4 is 23.3 Å². The van der Waals surface area contributed by atoms with Gasteiger partial charge in [0.2, 0.25) is 11.8 Å². The lowest BCUT2D eigenvalue weighted by Gasteiger charge is -2.19. The van der Waals surface area contributed by atoms with Crippen LogP contribution in [0.5, 0.6) is 0 Å². The van der Waals surface area contributed by atoms with Crippen molar-refractivity contribution in [3.05, 3.63) is 30.3 Å². The number of hydrogen-bond donors (Lipinski definition) is 3. The molecule has 0 aliphatic rings. The molecule has 0 radical (unpaired) electrons. The van der Waals surface area contributed by atoms with E-state index in [0.717, 1.165) is 0 Å². The summed E-state index contributed by atoms with van der Waals surface area (Å²) in [6.45, 7) is 5.43. The average Bonchev–Trinajstić information content (AvgIpc) is 2.47. The van der Waals surface area contributed by atoms with Crippen molar-refractivity contribution < 1.29 is 14.4 Å². The summed E-state index contributed by atoms with van der Waals surface area (Å²) in [6.07, 6.45) is -0.000801. The van der Waals surface area contributed by atoms with Gasteiger partial charge in [-0.1, -0.05) is 25.1 Å². The van der Waals surface area contributed by atoms with Crippen LogP contribution in [0.15, 0.2) is 30.3 Å². The molecular formula is C16H23N3O3. The maximum Gasteiger partial charge on any atom is 0.238 e. The number of hydrogen-bond acceptors (Lipinski definition) is 4. The van der Waals surface area contributed by atoms with Gasteiger partial charge in [0.25, 0.3) is 0 Å². The van der Waals surface area contributed by atoms with Gasteiger partial charge in [0.15, 0.2) is 5.78 Å².